The normalized spacial score (nSPS) is 26.7. The van der Waals surface area contributed by atoms with Crippen molar-refractivity contribution in [1.82, 2.24) is 15.3 Å². The van der Waals surface area contributed by atoms with E-state index < -0.39 is 6.10 Å². The molecular formula is C20H23ClN4O2S. The average molecular weight is 419 g/mol. The lowest BCUT2D eigenvalue weighted by Crippen LogP contribution is -2.49. The number of thioether (sulfide) groups is 1. The van der Waals surface area contributed by atoms with Gasteiger partial charge in [-0.05, 0) is 55.0 Å². The van der Waals surface area contributed by atoms with E-state index in [1.165, 1.54) is 11.8 Å². The summed E-state index contributed by atoms with van der Waals surface area (Å²) in [4.78, 5) is 24.2. The Hall–Kier alpha value is -1.83. The topological polar surface area (TPSA) is 78.4 Å². The van der Waals surface area contributed by atoms with E-state index in [1.807, 2.05) is 30.3 Å². The third-order valence-corrected chi connectivity index (χ3v) is 6.77. The van der Waals surface area contributed by atoms with Gasteiger partial charge in [-0.2, -0.15) is 0 Å². The van der Waals surface area contributed by atoms with Gasteiger partial charge in [-0.25, -0.2) is 9.97 Å². The fourth-order valence-corrected chi connectivity index (χ4v) is 4.97. The zero-order valence-corrected chi connectivity index (χ0v) is 16.9. The molecular weight excluding hydrogens is 396 g/mol. The molecule has 1 aliphatic carbocycles. The highest BCUT2D eigenvalue weighted by molar-refractivity contribution is 8.00. The molecule has 2 aliphatic rings. The highest BCUT2D eigenvalue weighted by Crippen LogP contribution is 2.37. The fraction of sp³-hybridized carbons (Fsp3) is 0.450. The van der Waals surface area contributed by atoms with Crippen molar-refractivity contribution >= 4 is 35.2 Å². The van der Waals surface area contributed by atoms with Gasteiger partial charge in [0, 0.05) is 35.4 Å². The van der Waals surface area contributed by atoms with E-state index >= 15 is 0 Å². The molecule has 4 atom stereocenters. The Morgan fingerprint density at radius 1 is 1.18 bits per heavy atom. The summed E-state index contributed by atoms with van der Waals surface area (Å²) in [5.74, 6) is 1.86. The van der Waals surface area contributed by atoms with E-state index in [1.54, 1.807) is 12.4 Å². The quantitative estimate of drug-likeness (QED) is 0.727. The Balaban J connectivity index is 1.30. The Morgan fingerprint density at radius 2 is 1.86 bits per heavy atom. The highest BCUT2D eigenvalue weighted by Gasteiger charge is 2.42. The maximum absolute atomic E-state index is 12.4. The van der Waals surface area contributed by atoms with Crippen molar-refractivity contribution in [3.8, 4) is 0 Å². The van der Waals surface area contributed by atoms with Crippen molar-refractivity contribution in [2.75, 3.05) is 23.7 Å². The van der Waals surface area contributed by atoms with Crippen LogP contribution < -0.4 is 10.2 Å². The van der Waals surface area contributed by atoms with Crippen LogP contribution in [0.5, 0.6) is 0 Å². The summed E-state index contributed by atoms with van der Waals surface area (Å²) in [6.45, 7) is 1.73. The summed E-state index contributed by atoms with van der Waals surface area (Å²) in [5, 5.41) is 14.3. The monoisotopic (exact) mass is 418 g/mol. The lowest BCUT2D eigenvalue weighted by molar-refractivity contribution is -0.120. The minimum atomic E-state index is -0.512. The van der Waals surface area contributed by atoms with Crippen molar-refractivity contribution in [2.24, 2.45) is 11.8 Å². The van der Waals surface area contributed by atoms with Gasteiger partial charge >= 0.3 is 0 Å². The van der Waals surface area contributed by atoms with Gasteiger partial charge in [0.2, 0.25) is 11.9 Å². The van der Waals surface area contributed by atoms with Gasteiger partial charge in [-0.15, -0.1) is 11.8 Å². The van der Waals surface area contributed by atoms with Crippen molar-refractivity contribution < 1.29 is 9.90 Å². The van der Waals surface area contributed by atoms with Crippen molar-refractivity contribution in [3.05, 3.63) is 47.7 Å². The number of carbonyl (C=O) groups is 1. The molecule has 2 N–H and O–H groups in total. The van der Waals surface area contributed by atoms with Crippen LogP contribution in [0.25, 0.3) is 0 Å². The number of hydrogen-bond acceptors (Lipinski definition) is 6. The highest BCUT2D eigenvalue weighted by atomic mass is 35.5. The van der Waals surface area contributed by atoms with Gasteiger partial charge < -0.3 is 15.3 Å². The summed E-state index contributed by atoms with van der Waals surface area (Å²) in [6, 6.07) is 9.04. The first-order valence-electron chi connectivity index (χ1n) is 9.46. The number of amides is 1. The van der Waals surface area contributed by atoms with Crippen LogP contribution in [0.3, 0.4) is 0 Å². The molecule has 6 nitrogen and oxygen atoms in total. The molecule has 1 saturated heterocycles. The Bertz CT molecular complexity index is 808. The summed E-state index contributed by atoms with van der Waals surface area (Å²) < 4.78 is 0. The number of aromatic nitrogens is 2. The van der Waals surface area contributed by atoms with Crippen molar-refractivity contribution in [2.45, 2.75) is 29.9 Å². The molecule has 148 valence electrons. The molecule has 1 aromatic carbocycles. The molecule has 1 aromatic heterocycles. The Labute approximate surface area is 173 Å². The first kappa shape index (κ1) is 19.5. The lowest BCUT2D eigenvalue weighted by Gasteiger charge is -2.35. The maximum atomic E-state index is 12.4. The molecule has 2 aromatic rings. The van der Waals surface area contributed by atoms with Crippen LogP contribution in [0.1, 0.15) is 12.8 Å². The van der Waals surface area contributed by atoms with E-state index in [4.69, 9.17) is 11.6 Å². The summed E-state index contributed by atoms with van der Waals surface area (Å²) >= 11 is 7.35. The van der Waals surface area contributed by atoms with Crippen molar-refractivity contribution in [3.63, 3.8) is 0 Å². The molecule has 1 aliphatic heterocycles. The number of nitrogens with zero attached hydrogens (tertiary/aromatic N) is 3. The number of rotatable bonds is 5. The molecule has 4 rings (SSSR count). The van der Waals surface area contributed by atoms with Crippen LogP contribution in [-0.4, -0.2) is 52.0 Å². The molecule has 1 saturated carbocycles. The van der Waals surface area contributed by atoms with Crippen LogP contribution >= 0.6 is 23.4 Å². The number of carbonyl (C=O) groups excluding carboxylic acids is 1. The number of hydrogen-bond donors (Lipinski definition) is 2. The van der Waals surface area contributed by atoms with E-state index in [-0.39, 0.29) is 11.9 Å². The van der Waals surface area contributed by atoms with Gasteiger partial charge in [-0.3, -0.25) is 4.79 Å². The van der Waals surface area contributed by atoms with E-state index in [2.05, 4.69) is 20.2 Å². The fourth-order valence-electron chi connectivity index (χ4n) is 4.13. The second kappa shape index (κ2) is 8.68. The third-order valence-electron chi connectivity index (χ3n) is 5.51. The number of aliphatic hydroxyl groups is 1. The number of fused-ring (bicyclic) bond motifs is 1. The maximum Gasteiger partial charge on any atom is 0.230 e. The minimum Gasteiger partial charge on any atom is -0.391 e. The van der Waals surface area contributed by atoms with Crippen molar-refractivity contribution in [1.29, 1.82) is 0 Å². The Kier molecular flexibility index (Phi) is 6.04. The predicted octanol–water partition coefficient (Wildman–Crippen LogP) is 2.61. The molecule has 8 heteroatoms. The zero-order valence-electron chi connectivity index (χ0n) is 15.4. The van der Waals surface area contributed by atoms with Gasteiger partial charge in [0.25, 0.3) is 0 Å². The summed E-state index contributed by atoms with van der Waals surface area (Å²) in [6.07, 6.45) is 4.47. The first-order valence-corrected chi connectivity index (χ1v) is 10.8. The number of benzene rings is 1. The van der Waals surface area contributed by atoms with Gasteiger partial charge in [-0.1, -0.05) is 11.6 Å². The molecule has 1 amide bonds. The number of halogens is 1. The SMILES string of the molecule is O=C(CSc1ccc(Cl)cc1)N[C@H]1C[C@H]2CN(c3ncccn3)C[C@H]2C[C@@H]1O. The van der Waals surface area contributed by atoms with E-state index in [0.29, 0.717) is 29.0 Å². The second-order valence-electron chi connectivity index (χ2n) is 7.43. The summed E-state index contributed by atoms with van der Waals surface area (Å²) in [7, 11) is 0. The average Bonchev–Trinajstić information content (AvgIpc) is 3.11. The van der Waals surface area contributed by atoms with E-state index in [0.717, 1.165) is 30.4 Å². The predicted molar refractivity (Wildman–Crippen MR) is 111 cm³/mol. The van der Waals surface area contributed by atoms with Crippen LogP contribution in [0, 0.1) is 11.8 Å². The standard InChI is InChI=1S/C20H23ClN4O2S/c21-15-2-4-16(5-3-15)28-12-19(27)24-17-8-13-10-25(11-14(13)9-18(17)26)20-22-6-1-7-23-20/h1-7,13-14,17-18,26H,8-12H2,(H,24,27)/t13-,14+,17-,18-/m0/s1. The lowest BCUT2D eigenvalue weighted by atomic mass is 9.77. The van der Waals surface area contributed by atoms with Crippen LogP contribution in [0.2, 0.25) is 5.02 Å². The van der Waals surface area contributed by atoms with Crippen LogP contribution in [0.15, 0.2) is 47.6 Å². The minimum absolute atomic E-state index is 0.0521. The third kappa shape index (κ3) is 4.59. The first-order chi connectivity index (χ1) is 13.6. The van der Waals surface area contributed by atoms with E-state index in [9.17, 15) is 9.90 Å². The molecule has 2 fully saturated rings. The molecule has 0 bridgehead atoms. The smallest absolute Gasteiger partial charge is 0.230 e. The van der Waals surface area contributed by atoms with Crippen LogP contribution in [-0.2, 0) is 4.79 Å². The number of anilines is 1. The number of aliphatic hydroxyl groups excluding tert-OH is 1. The molecule has 0 radical (unpaired) electrons. The second-order valence-corrected chi connectivity index (χ2v) is 8.91. The van der Waals surface area contributed by atoms with Gasteiger partial charge in [0.15, 0.2) is 0 Å². The molecule has 0 unspecified atom stereocenters. The number of nitrogens with one attached hydrogen (secondary N) is 1. The summed E-state index contributed by atoms with van der Waals surface area (Å²) in [5.41, 5.74) is 0. The van der Waals surface area contributed by atoms with Gasteiger partial charge in [0.05, 0.1) is 17.9 Å². The van der Waals surface area contributed by atoms with Crippen LogP contribution in [0.4, 0.5) is 5.95 Å². The molecule has 28 heavy (non-hydrogen) atoms. The molecule has 2 heterocycles. The largest absolute Gasteiger partial charge is 0.391 e. The molecule has 0 spiro atoms. The van der Waals surface area contributed by atoms with Gasteiger partial charge in [0.1, 0.15) is 0 Å². The zero-order chi connectivity index (χ0) is 19.5. The Morgan fingerprint density at radius 3 is 2.57 bits per heavy atom.